The summed E-state index contributed by atoms with van der Waals surface area (Å²) in [7, 11) is 1.78. The molecule has 3 atom stereocenters. The molecule has 7 rings (SSSR count). The molecule has 2 aromatic heterocycles. The average molecular weight is 622 g/mol. The van der Waals surface area contributed by atoms with E-state index in [1.807, 2.05) is 36.6 Å². The lowest BCUT2D eigenvalue weighted by Gasteiger charge is -2.53. The smallest absolute Gasteiger partial charge is 0.410 e. The fourth-order valence-electron chi connectivity index (χ4n) is 7.76. The van der Waals surface area contributed by atoms with Crippen molar-refractivity contribution in [3.63, 3.8) is 0 Å². The highest BCUT2D eigenvalue weighted by Crippen LogP contribution is 2.51. The number of amides is 2. The van der Waals surface area contributed by atoms with Crippen molar-refractivity contribution in [2.75, 3.05) is 31.1 Å². The molecule has 240 valence electrons. The van der Waals surface area contributed by atoms with Crippen LogP contribution in [-0.2, 0) is 36.0 Å². The first-order chi connectivity index (χ1) is 21.4. The zero-order valence-corrected chi connectivity index (χ0v) is 26.6. The number of nitrogens with zero attached hydrogens (tertiary/aromatic N) is 7. The van der Waals surface area contributed by atoms with Crippen LogP contribution in [0.4, 0.5) is 25.1 Å². The van der Waals surface area contributed by atoms with Crippen LogP contribution in [0.5, 0.6) is 0 Å². The van der Waals surface area contributed by atoms with Crippen LogP contribution in [0.2, 0.25) is 0 Å². The average Bonchev–Trinajstić information content (AvgIpc) is 3.58. The van der Waals surface area contributed by atoms with Gasteiger partial charge in [-0.1, -0.05) is 0 Å². The van der Waals surface area contributed by atoms with Gasteiger partial charge in [-0.15, -0.1) is 0 Å². The first kappa shape index (κ1) is 29.7. The van der Waals surface area contributed by atoms with E-state index in [2.05, 4.69) is 14.7 Å². The summed E-state index contributed by atoms with van der Waals surface area (Å²) in [5.41, 5.74) is 4.46. The SMILES string of the molecule is CC(=O)N1CCc2c(c(N3CCCc4cc(-c5cnn(C)c5)c(C(F)F)cc43)nn2C2[C@@H]3C[C@H]2CN(C(=O)OC(C)(C)C)C3)C1. The molecule has 1 unspecified atom stereocenters. The van der Waals surface area contributed by atoms with E-state index in [9.17, 15) is 18.4 Å². The van der Waals surface area contributed by atoms with Gasteiger partial charge in [0.15, 0.2) is 5.82 Å². The van der Waals surface area contributed by atoms with Crippen molar-refractivity contribution in [2.24, 2.45) is 18.9 Å². The first-order valence-electron chi connectivity index (χ1n) is 15.9. The van der Waals surface area contributed by atoms with Crippen LogP contribution in [0.3, 0.4) is 0 Å². The number of aromatic nitrogens is 4. The molecule has 5 heterocycles. The summed E-state index contributed by atoms with van der Waals surface area (Å²) in [4.78, 5) is 31.1. The lowest BCUT2D eigenvalue weighted by molar-refractivity contribution is -0.129. The van der Waals surface area contributed by atoms with Crippen LogP contribution in [0.1, 0.15) is 75.4 Å². The zero-order chi connectivity index (χ0) is 31.8. The van der Waals surface area contributed by atoms with Crippen LogP contribution in [0.25, 0.3) is 11.1 Å². The third-order valence-electron chi connectivity index (χ3n) is 9.80. The van der Waals surface area contributed by atoms with Crippen molar-refractivity contribution in [3.8, 4) is 11.1 Å². The van der Waals surface area contributed by atoms with E-state index in [4.69, 9.17) is 9.84 Å². The van der Waals surface area contributed by atoms with Crippen molar-refractivity contribution < 1.29 is 23.1 Å². The number of fused-ring (bicyclic) bond motifs is 4. The molecule has 12 heteroatoms. The molecule has 2 amide bonds. The molecule has 0 N–H and O–H groups in total. The van der Waals surface area contributed by atoms with Gasteiger partial charge >= 0.3 is 6.09 Å². The van der Waals surface area contributed by atoms with Crippen LogP contribution >= 0.6 is 0 Å². The minimum atomic E-state index is -2.66. The standard InChI is InChI=1S/C33H41F2N7O3/c1-19(43)39-10-8-27-26(18-39)31(37-42(27)29-21-11-22(29)17-40(16-21)32(44)45-33(2,3)4)41-9-6-7-20-12-24(23-14-36-38(5)15-23)25(30(34)35)13-28(20)41/h12-15,21-22,29-30H,6-11,16-18H2,1-5H3/t21-,22+,29?. The van der Waals surface area contributed by atoms with E-state index < -0.39 is 12.0 Å². The molecule has 4 aliphatic rings. The second-order valence-corrected chi connectivity index (χ2v) is 14.0. The van der Waals surface area contributed by atoms with Gasteiger partial charge in [0.05, 0.1) is 18.8 Å². The van der Waals surface area contributed by atoms with Gasteiger partial charge in [-0.05, 0) is 75.1 Å². The van der Waals surface area contributed by atoms with Crippen molar-refractivity contribution in [1.82, 2.24) is 29.4 Å². The molecule has 1 saturated carbocycles. The van der Waals surface area contributed by atoms with Gasteiger partial charge in [0.25, 0.3) is 6.43 Å². The number of likely N-dealkylation sites (tertiary alicyclic amines) is 1. The number of hydrogen-bond donors (Lipinski definition) is 0. The summed E-state index contributed by atoms with van der Waals surface area (Å²) in [6.45, 7) is 10.1. The Morgan fingerprint density at radius 1 is 1.07 bits per heavy atom. The van der Waals surface area contributed by atoms with Crippen LogP contribution in [0, 0.1) is 11.8 Å². The summed E-state index contributed by atoms with van der Waals surface area (Å²) >= 11 is 0. The second-order valence-electron chi connectivity index (χ2n) is 14.0. The molecule has 1 aliphatic carbocycles. The van der Waals surface area contributed by atoms with Crippen LogP contribution in [0.15, 0.2) is 24.5 Å². The minimum Gasteiger partial charge on any atom is -0.444 e. The molecule has 10 nitrogen and oxygen atoms in total. The number of alkyl halides is 2. The summed E-state index contributed by atoms with van der Waals surface area (Å²) in [5.74, 6) is 1.26. The Morgan fingerprint density at radius 2 is 1.82 bits per heavy atom. The number of benzene rings is 1. The summed E-state index contributed by atoms with van der Waals surface area (Å²) in [5, 5.41) is 9.48. The highest BCUT2D eigenvalue weighted by molar-refractivity contribution is 5.78. The van der Waals surface area contributed by atoms with E-state index in [-0.39, 0.29) is 35.4 Å². The van der Waals surface area contributed by atoms with Crippen molar-refractivity contribution in [3.05, 3.63) is 46.9 Å². The van der Waals surface area contributed by atoms with Crippen molar-refractivity contribution in [2.45, 2.75) is 78.0 Å². The van der Waals surface area contributed by atoms with E-state index >= 15 is 0 Å². The van der Waals surface area contributed by atoms with E-state index in [0.29, 0.717) is 50.3 Å². The van der Waals surface area contributed by atoms with Gasteiger partial charge in [-0.2, -0.15) is 10.2 Å². The highest BCUT2D eigenvalue weighted by Gasteiger charge is 2.51. The molecular weight excluding hydrogens is 580 g/mol. The summed E-state index contributed by atoms with van der Waals surface area (Å²) < 4.78 is 38.6. The maximum absolute atomic E-state index is 14.6. The monoisotopic (exact) mass is 621 g/mol. The van der Waals surface area contributed by atoms with Gasteiger partial charge < -0.3 is 19.4 Å². The molecule has 2 bridgehead atoms. The van der Waals surface area contributed by atoms with Gasteiger partial charge in [0.2, 0.25) is 5.91 Å². The number of rotatable bonds is 4. The Balaban J connectivity index is 1.26. The Morgan fingerprint density at radius 3 is 2.47 bits per heavy atom. The predicted molar refractivity (Wildman–Crippen MR) is 164 cm³/mol. The number of hydrogen-bond acceptors (Lipinski definition) is 6. The second kappa shape index (κ2) is 10.8. The largest absolute Gasteiger partial charge is 0.444 e. The van der Waals surface area contributed by atoms with E-state index in [0.717, 1.165) is 47.6 Å². The Labute approximate surface area is 261 Å². The van der Waals surface area contributed by atoms with Crippen molar-refractivity contribution in [1.29, 1.82) is 0 Å². The summed E-state index contributed by atoms with van der Waals surface area (Å²) in [6.07, 6.45) is 3.79. The Bertz CT molecular complexity index is 1650. The normalized spacial score (nSPS) is 22.7. The fraction of sp³-hybridized carbons (Fsp3) is 0.576. The third-order valence-corrected chi connectivity index (χ3v) is 9.80. The van der Waals surface area contributed by atoms with E-state index in [1.54, 1.807) is 37.1 Å². The number of halogens is 2. The first-order valence-corrected chi connectivity index (χ1v) is 15.9. The molecule has 2 fully saturated rings. The molecule has 3 aliphatic heterocycles. The van der Waals surface area contributed by atoms with E-state index in [1.165, 1.54) is 0 Å². The lowest BCUT2D eigenvalue weighted by atomic mass is 9.66. The molecule has 0 radical (unpaired) electrons. The molecule has 1 saturated heterocycles. The molecule has 45 heavy (non-hydrogen) atoms. The number of anilines is 2. The Kier molecular flexibility index (Phi) is 7.16. The number of carbonyl (C=O) groups is 2. The number of carbonyl (C=O) groups excluding carboxylic acids is 2. The molecule has 0 spiro atoms. The van der Waals surface area contributed by atoms with Gasteiger partial charge in [0, 0.05) is 80.8 Å². The predicted octanol–water partition coefficient (Wildman–Crippen LogP) is 5.64. The van der Waals surface area contributed by atoms with Gasteiger partial charge in [0.1, 0.15) is 5.60 Å². The van der Waals surface area contributed by atoms with Gasteiger partial charge in [-0.25, -0.2) is 13.6 Å². The topological polar surface area (TPSA) is 88.7 Å². The maximum Gasteiger partial charge on any atom is 0.410 e. The molecule has 1 aromatic carbocycles. The zero-order valence-electron chi connectivity index (χ0n) is 26.6. The fourth-order valence-corrected chi connectivity index (χ4v) is 7.76. The van der Waals surface area contributed by atoms with Crippen molar-refractivity contribution >= 4 is 23.5 Å². The minimum absolute atomic E-state index is 0.00742. The molecule has 3 aromatic rings. The van der Waals surface area contributed by atoms with Crippen LogP contribution < -0.4 is 4.90 Å². The van der Waals surface area contributed by atoms with Gasteiger partial charge in [-0.3, -0.25) is 14.2 Å². The number of piperidine rings is 2. The molecular formula is C33H41F2N7O3. The lowest BCUT2D eigenvalue weighted by Crippen LogP contribution is -2.58. The number of ether oxygens (including phenoxy) is 1. The third kappa shape index (κ3) is 5.25. The highest BCUT2D eigenvalue weighted by atomic mass is 19.3. The van der Waals surface area contributed by atoms with Crippen LogP contribution in [-0.4, -0.2) is 73.1 Å². The quantitative estimate of drug-likeness (QED) is 0.375. The number of aryl methyl sites for hydroxylation is 2. The Hall–Kier alpha value is -3.96. The summed E-state index contributed by atoms with van der Waals surface area (Å²) in [6, 6.07) is 3.67. The maximum atomic E-state index is 14.6.